The summed E-state index contributed by atoms with van der Waals surface area (Å²) in [5.74, 6) is 0. The van der Waals surface area contributed by atoms with Crippen molar-refractivity contribution >= 4 is 28.0 Å². The van der Waals surface area contributed by atoms with E-state index in [1.165, 1.54) is 0 Å². The van der Waals surface area contributed by atoms with Crippen molar-refractivity contribution in [2.24, 2.45) is 0 Å². The second-order valence-corrected chi connectivity index (χ2v) is 6.71. The lowest BCUT2D eigenvalue weighted by Gasteiger charge is -2.23. The molecular formula is C26H24N2O. The summed E-state index contributed by atoms with van der Waals surface area (Å²) in [6.07, 6.45) is 8.17. The molecule has 29 heavy (non-hydrogen) atoms. The standard InChI is InChI=1S/C26H24N2O/c1-2-11-21(27-22-12-5-3-6-13-22)18-19-28(23-14-7-4-8-15-23)25-20-29-26-17-10-9-16-24(25)26/h2-18,20,27H,19H2,1H3/b11-2-,21-18+. The minimum absolute atomic E-state index is 0.701. The van der Waals surface area contributed by atoms with E-state index >= 15 is 0 Å². The van der Waals surface area contributed by atoms with E-state index in [4.69, 9.17) is 4.42 Å². The maximum atomic E-state index is 5.81. The first-order chi connectivity index (χ1) is 14.3. The van der Waals surface area contributed by atoms with Gasteiger partial charge in [-0.05, 0) is 55.5 Å². The summed E-state index contributed by atoms with van der Waals surface area (Å²) < 4.78 is 5.81. The van der Waals surface area contributed by atoms with E-state index in [2.05, 4.69) is 64.8 Å². The first-order valence-electron chi connectivity index (χ1n) is 9.79. The molecule has 1 heterocycles. The van der Waals surface area contributed by atoms with Crippen molar-refractivity contribution in [2.45, 2.75) is 6.92 Å². The van der Waals surface area contributed by atoms with E-state index in [0.29, 0.717) is 6.54 Å². The Bertz CT molecular complexity index is 1110. The van der Waals surface area contributed by atoms with Crippen LogP contribution < -0.4 is 10.2 Å². The number of nitrogens with zero attached hydrogens (tertiary/aromatic N) is 1. The molecule has 0 saturated heterocycles. The normalized spacial score (nSPS) is 11.8. The van der Waals surface area contributed by atoms with Crippen molar-refractivity contribution in [3.63, 3.8) is 0 Å². The molecule has 0 unspecified atom stereocenters. The monoisotopic (exact) mass is 380 g/mol. The van der Waals surface area contributed by atoms with Crippen molar-refractivity contribution < 1.29 is 4.42 Å². The van der Waals surface area contributed by atoms with E-state index in [0.717, 1.165) is 33.7 Å². The fraction of sp³-hybridized carbons (Fsp3) is 0.0769. The summed E-state index contributed by atoms with van der Waals surface area (Å²) in [6, 6.07) is 28.7. The summed E-state index contributed by atoms with van der Waals surface area (Å²) in [5.41, 5.74) is 5.19. The molecule has 144 valence electrons. The van der Waals surface area contributed by atoms with Gasteiger partial charge in [-0.25, -0.2) is 0 Å². The lowest BCUT2D eigenvalue weighted by Crippen LogP contribution is -2.17. The van der Waals surface area contributed by atoms with Crippen molar-refractivity contribution in [3.8, 4) is 0 Å². The summed E-state index contributed by atoms with van der Waals surface area (Å²) in [4.78, 5) is 2.27. The van der Waals surface area contributed by atoms with Gasteiger partial charge in [-0.2, -0.15) is 0 Å². The van der Waals surface area contributed by atoms with Crippen LogP contribution in [0.4, 0.5) is 17.1 Å². The lowest BCUT2D eigenvalue weighted by molar-refractivity contribution is 0.615. The number of para-hydroxylation sites is 3. The molecule has 4 rings (SSSR count). The Morgan fingerprint density at radius 1 is 0.897 bits per heavy atom. The molecule has 0 aliphatic rings. The SMILES string of the molecule is C/C=C\C(=C/CN(c1ccccc1)c1coc2ccccc12)Nc1ccccc1. The van der Waals surface area contributed by atoms with Crippen molar-refractivity contribution in [1.82, 2.24) is 0 Å². The maximum absolute atomic E-state index is 5.81. The van der Waals surface area contributed by atoms with Gasteiger partial charge in [0.15, 0.2) is 0 Å². The van der Waals surface area contributed by atoms with E-state index in [1.807, 2.05) is 61.7 Å². The van der Waals surface area contributed by atoms with Crippen LogP contribution in [-0.4, -0.2) is 6.54 Å². The highest BCUT2D eigenvalue weighted by atomic mass is 16.3. The number of anilines is 3. The van der Waals surface area contributed by atoms with E-state index in [9.17, 15) is 0 Å². The predicted octanol–water partition coefficient (Wildman–Crippen LogP) is 7.14. The molecule has 0 saturated carbocycles. The van der Waals surface area contributed by atoms with E-state index in [-0.39, 0.29) is 0 Å². The fourth-order valence-corrected chi connectivity index (χ4v) is 3.34. The molecule has 0 aliphatic heterocycles. The van der Waals surface area contributed by atoms with Gasteiger partial charge in [0.05, 0.1) is 5.69 Å². The zero-order valence-electron chi connectivity index (χ0n) is 16.5. The average molecular weight is 380 g/mol. The molecule has 0 bridgehead atoms. The number of allylic oxidation sites excluding steroid dienone is 2. The second kappa shape index (κ2) is 8.98. The van der Waals surface area contributed by atoms with Gasteiger partial charge < -0.3 is 14.6 Å². The maximum Gasteiger partial charge on any atom is 0.136 e. The minimum Gasteiger partial charge on any atom is -0.462 e. The summed E-state index contributed by atoms with van der Waals surface area (Å²) in [5, 5.41) is 4.60. The lowest BCUT2D eigenvalue weighted by atomic mass is 10.2. The smallest absolute Gasteiger partial charge is 0.136 e. The zero-order chi connectivity index (χ0) is 19.9. The summed E-state index contributed by atoms with van der Waals surface area (Å²) >= 11 is 0. The molecule has 4 aromatic rings. The van der Waals surface area contributed by atoms with Crippen LogP contribution in [-0.2, 0) is 0 Å². The molecule has 1 N–H and O–H groups in total. The quantitative estimate of drug-likeness (QED) is 0.345. The first kappa shape index (κ1) is 18.6. The number of nitrogens with one attached hydrogen (secondary N) is 1. The van der Waals surface area contributed by atoms with E-state index < -0.39 is 0 Å². The minimum atomic E-state index is 0.701. The Kier molecular flexibility index (Phi) is 5.77. The van der Waals surface area contributed by atoms with Crippen LogP contribution in [0.3, 0.4) is 0 Å². The molecule has 3 nitrogen and oxygen atoms in total. The molecule has 0 amide bonds. The van der Waals surface area contributed by atoms with Crippen LogP contribution in [0.2, 0.25) is 0 Å². The summed E-state index contributed by atoms with van der Waals surface area (Å²) in [7, 11) is 0. The topological polar surface area (TPSA) is 28.4 Å². The molecular weight excluding hydrogens is 356 g/mol. The highest BCUT2D eigenvalue weighted by molar-refractivity contribution is 5.93. The van der Waals surface area contributed by atoms with Gasteiger partial charge in [0.1, 0.15) is 11.8 Å². The van der Waals surface area contributed by atoms with Gasteiger partial charge in [0.2, 0.25) is 0 Å². The molecule has 0 spiro atoms. The Hall–Kier alpha value is -3.72. The third kappa shape index (κ3) is 4.41. The molecule has 3 heteroatoms. The van der Waals surface area contributed by atoms with Crippen LogP contribution in [0.15, 0.2) is 120 Å². The highest BCUT2D eigenvalue weighted by Crippen LogP contribution is 2.33. The van der Waals surface area contributed by atoms with Crippen molar-refractivity contribution in [2.75, 3.05) is 16.8 Å². The Morgan fingerprint density at radius 2 is 1.59 bits per heavy atom. The molecule has 0 fully saturated rings. The van der Waals surface area contributed by atoms with Crippen LogP contribution in [0.1, 0.15) is 6.92 Å². The Morgan fingerprint density at radius 3 is 2.34 bits per heavy atom. The summed E-state index contributed by atoms with van der Waals surface area (Å²) in [6.45, 7) is 2.73. The van der Waals surface area contributed by atoms with Crippen molar-refractivity contribution in [1.29, 1.82) is 0 Å². The molecule has 0 radical (unpaired) electrons. The molecule has 0 aliphatic carbocycles. The Balaban J connectivity index is 1.69. The number of fused-ring (bicyclic) bond motifs is 1. The number of hydrogen-bond acceptors (Lipinski definition) is 3. The van der Waals surface area contributed by atoms with Crippen molar-refractivity contribution in [3.05, 3.63) is 115 Å². The van der Waals surface area contributed by atoms with Crippen LogP contribution >= 0.6 is 0 Å². The number of furan rings is 1. The third-order valence-corrected chi connectivity index (χ3v) is 4.72. The number of benzene rings is 3. The number of hydrogen-bond donors (Lipinski definition) is 1. The Labute approximate surface area is 171 Å². The van der Waals surface area contributed by atoms with Crippen LogP contribution in [0, 0.1) is 0 Å². The first-order valence-corrected chi connectivity index (χ1v) is 9.79. The van der Waals surface area contributed by atoms with E-state index in [1.54, 1.807) is 0 Å². The van der Waals surface area contributed by atoms with Gasteiger partial charge in [0, 0.05) is 29.0 Å². The van der Waals surface area contributed by atoms with Gasteiger partial charge in [-0.15, -0.1) is 0 Å². The zero-order valence-corrected chi connectivity index (χ0v) is 16.5. The fourth-order valence-electron chi connectivity index (χ4n) is 3.34. The van der Waals surface area contributed by atoms with Gasteiger partial charge >= 0.3 is 0 Å². The van der Waals surface area contributed by atoms with Gasteiger partial charge in [-0.1, -0.05) is 54.6 Å². The van der Waals surface area contributed by atoms with Crippen LogP contribution in [0.25, 0.3) is 11.0 Å². The third-order valence-electron chi connectivity index (χ3n) is 4.72. The van der Waals surface area contributed by atoms with Crippen LogP contribution in [0.5, 0.6) is 0 Å². The second-order valence-electron chi connectivity index (χ2n) is 6.71. The largest absolute Gasteiger partial charge is 0.462 e. The number of rotatable bonds is 7. The van der Waals surface area contributed by atoms with Gasteiger partial charge in [0.25, 0.3) is 0 Å². The average Bonchev–Trinajstić information content (AvgIpc) is 3.20. The van der Waals surface area contributed by atoms with Gasteiger partial charge in [-0.3, -0.25) is 0 Å². The predicted molar refractivity (Wildman–Crippen MR) is 123 cm³/mol. The highest BCUT2D eigenvalue weighted by Gasteiger charge is 2.14. The molecule has 1 aromatic heterocycles. The molecule has 3 aromatic carbocycles. The molecule has 0 atom stereocenters.